The van der Waals surface area contributed by atoms with Crippen LogP contribution in [0.25, 0.3) is 0 Å². The van der Waals surface area contributed by atoms with Gasteiger partial charge in [-0.25, -0.2) is 8.42 Å². The molecule has 0 saturated carbocycles. The molecule has 1 aliphatic rings. The Morgan fingerprint density at radius 3 is 2.56 bits per heavy atom. The molecule has 2 rings (SSSR count). The average molecular weight is 333 g/mol. The monoisotopic (exact) mass is 332 g/mol. The van der Waals surface area contributed by atoms with Crippen LogP contribution < -0.4 is 5.73 Å². The van der Waals surface area contributed by atoms with Gasteiger partial charge in [0.15, 0.2) is 0 Å². The normalized spacial score (nSPS) is 25.5. The number of hydrogen-bond acceptors (Lipinski definition) is 3. The third-order valence-corrected chi connectivity index (χ3v) is 5.97. The maximum absolute atomic E-state index is 12.5. The van der Waals surface area contributed by atoms with Gasteiger partial charge in [-0.2, -0.15) is 4.31 Å². The Morgan fingerprint density at radius 2 is 2.06 bits per heavy atom. The standard InChI is InChI=1S/C12H17BrN2O2S/c1-8-5-9(2)15(7-8)18(16,17)10-3-4-12(14)11(13)6-10/h3-4,6,8-9H,5,7,14H2,1-2H3. The molecule has 2 N–H and O–H groups in total. The molecule has 1 heterocycles. The Morgan fingerprint density at radius 1 is 1.39 bits per heavy atom. The van der Waals surface area contributed by atoms with E-state index in [9.17, 15) is 8.42 Å². The van der Waals surface area contributed by atoms with Gasteiger partial charge in [0.25, 0.3) is 0 Å². The summed E-state index contributed by atoms with van der Waals surface area (Å²) in [4.78, 5) is 0.296. The van der Waals surface area contributed by atoms with E-state index in [0.717, 1.165) is 6.42 Å². The molecule has 0 amide bonds. The number of hydrogen-bond donors (Lipinski definition) is 1. The van der Waals surface area contributed by atoms with Gasteiger partial charge in [0.1, 0.15) is 0 Å². The average Bonchev–Trinajstić information content (AvgIpc) is 2.62. The first kappa shape index (κ1) is 13.8. The number of anilines is 1. The van der Waals surface area contributed by atoms with Crippen molar-refractivity contribution in [2.24, 2.45) is 5.92 Å². The molecule has 6 heteroatoms. The summed E-state index contributed by atoms with van der Waals surface area (Å²) >= 11 is 3.27. The molecular formula is C12H17BrN2O2S. The van der Waals surface area contributed by atoms with E-state index in [4.69, 9.17) is 5.73 Å². The van der Waals surface area contributed by atoms with Crippen LogP contribution in [0, 0.1) is 5.92 Å². The summed E-state index contributed by atoms with van der Waals surface area (Å²) < 4.78 is 27.2. The molecule has 0 aliphatic carbocycles. The molecule has 1 aliphatic heterocycles. The van der Waals surface area contributed by atoms with Crippen molar-refractivity contribution in [3.63, 3.8) is 0 Å². The van der Waals surface area contributed by atoms with E-state index in [1.165, 1.54) is 0 Å². The van der Waals surface area contributed by atoms with Gasteiger partial charge >= 0.3 is 0 Å². The van der Waals surface area contributed by atoms with E-state index in [0.29, 0.717) is 27.5 Å². The van der Waals surface area contributed by atoms with Crippen LogP contribution in [-0.4, -0.2) is 25.3 Å². The molecule has 0 aromatic heterocycles. The molecule has 0 spiro atoms. The molecule has 18 heavy (non-hydrogen) atoms. The van der Waals surface area contributed by atoms with Gasteiger partial charge in [-0.15, -0.1) is 0 Å². The zero-order chi connectivity index (χ0) is 13.5. The SMILES string of the molecule is CC1CC(C)N(S(=O)(=O)c2ccc(N)c(Br)c2)C1. The molecule has 1 saturated heterocycles. The van der Waals surface area contributed by atoms with Gasteiger partial charge in [0, 0.05) is 22.7 Å². The number of rotatable bonds is 2. The molecule has 2 atom stereocenters. The highest BCUT2D eigenvalue weighted by molar-refractivity contribution is 9.10. The molecule has 1 aromatic rings. The number of nitrogens with zero attached hydrogens (tertiary/aromatic N) is 1. The lowest BCUT2D eigenvalue weighted by atomic mass is 10.1. The van der Waals surface area contributed by atoms with Gasteiger partial charge in [0.2, 0.25) is 10.0 Å². The number of nitrogens with two attached hydrogens (primary N) is 1. The summed E-state index contributed by atoms with van der Waals surface area (Å²) in [5, 5.41) is 0. The quantitative estimate of drug-likeness (QED) is 0.846. The van der Waals surface area contributed by atoms with Gasteiger partial charge in [-0.1, -0.05) is 6.92 Å². The topological polar surface area (TPSA) is 63.4 Å². The van der Waals surface area contributed by atoms with E-state index in [1.54, 1.807) is 22.5 Å². The second-order valence-electron chi connectivity index (χ2n) is 4.95. The zero-order valence-electron chi connectivity index (χ0n) is 10.4. The zero-order valence-corrected chi connectivity index (χ0v) is 12.8. The number of halogens is 1. The summed E-state index contributed by atoms with van der Waals surface area (Å²) in [6.45, 7) is 4.61. The number of sulfonamides is 1. The summed E-state index contributed by atoms with van der Waals surface area (Å²) in [5.74, 6) is 0.409. The summed E-state index contributed by atoms with van der Waals surface area (Å²) in [7, 11) is -3.41. The molecule has 4 nitrogen and oxygen atoms in total. The van der Waals surface area contributed by atoms with Crippen LogP contribution in [0.15, 0.2) is 27.6 Å². The molecule has 0 bridgehead atoms. The predicted octanol–water partition coefficient (Wildman–Crippen LogP) is 2.45. The lowest BCUT2D eigenvalue weighted by Gasteiger charge is -2.21. The van der Waals surface area contributed by atoms with Gasteiger partial charge in [-0.05, 0) is 53.4 Å². The number of benzene rings is 1. The third kappa shape index (κ3) is 2.41. The van der Waals surface area contributed by atoms with Crippen molar-refractivity contribution < 1.29 is 8.42 Å². The van der Waals surface area contributed by atoms with Crippen molar-refractivity contribution in [3.8, 4) is 0 Å². The fourth-order valence-electron chi connectivity index (χ4n) is 2.40. The Kier molecular flexibility index (Phi) is 3.71. The second kappa shape index (κ2) is 4.83. The van der Waals surface area contributed by atoms with Crippen molar-refractivity contribution in [3.05, 3.63) is 22.7 Å². The molecule has 0 radical (unpaired) electrons. The van der Waals surface area contributed by atoms with Crippen LogP contribution in [0.1, 0.15) is 20.3 Å². The molecule has 1 aromatic carbocycles. The fraction of sp³-hybridized carbons (Fsp3) is 0.500. The Bertz CT molecular complexity index is 559. The smallest absolute Gasteiger partial charge is 0.243 e. The van der Waals surface area contributed by atoms with Gasteiger partial charge in [-0.3, -0.25) is 0 Å². The first-order valence-corrected chi connectivity index (χ1v) is 8.12. The van der Waals surface area contributed by atoms with E-state index >= 15 is 0 Å². The summed E-state index contributed by atoms with van der Waals surface area (Å²) in [6, 6.07) is 4.80. The third-order valence-electron chi connectivity index (χ3n) is 3.31. The van der Waals surface area contributed by atoms with Crippen LogP contribution >= 0.6 is 15.9 Å². The van der Waals surface area contributed by atoms with E-state index in [1.807, 2.05) is 6.92 Å². The van der Waals surface area contributed by atoms with E-state index in [2.05, 4.69) is 22.9 Å². The Labute approximate surface area is 116 Å². The molecular weight excluding hydrogens is 316 g/mol. The van der Waals surface area contributed by atoms with Crippen LogP contribution in [0.2, 0.25) is 0 Å². The van der Waals surface area contributed by atoms with Crippen LogP contribution in [0.5, 0.6) is 0 Å². The predicted molar refractivity (Wildman–Crippen MR) is 75.7 cm³/mol. The largest absolute Gasteiger partial charge is 0.398 e. The Balaban J connectivity index is 2.39. The molecule has 1 fully saturated rings. The molecule has 2 unspecified atom stereocenters. The first-order chi connectivity index (χ1) is 8.32. The minimum Gasteiger partial charge on any atom is -0.398 e. The highest BCUT2D eigenvalue weighted by Crippen LogP contribution is 2.31. The second-order valence-corrected chi connectivity index (χ2v) is 7.69. The van der Waals surface area contributed by atoms with Crippen molar-refractivity contribution >= 4 is 31.6 Å². The maximum atomic E-state index is 12.5. The maximum Gasteiger partial charge on any atom is 0.243 e. The Hall–Kier alpha value is -0.590. The lowest BCUT2D eigenvalue weighted by molar-refractivity contribution is 0.405. The summed E-state index contributed by atoms with van der Waals surface area (Å²) in [5.41, 5.74) is 6.22. The van der Waals surface area contributed by atoms with Crippen molar-refractivity contribution in [1.82, 2.24) is 4.31 Å². The fourth-order valence-corrected chi connectivity index (χ4v) is 4.72. The van der Waals surface area contributed by atoms with Crippen LogP contribution in [0.4, 0.5) is 5.69 Å². The summed E-state index contributed by atoms with van der Waals surface area (Å²) in [6.07, 6.45) is 0.912. The molecule has 100 valence electrons. The van der Waals surface area contributed by atoms with Crippen molar-refractivity contribution in [2.75, 3.05) is 12.3 Å². The van der Waals surface area contributed by atoms with Crippen LogP contribution in [0.3, 0.4) is 0 Å². The van der Waals surface area contributed by atoms with Crippen molar-refractivity contribution in [2.45, 2.75) is 31.2 Å². The van der Waals surface area contributed by atoms with Crippen molar-refractivity contribution in [1.29, 1.82) is 0 Å². The lowest BCUT2D eigenvalue weighted by Crippen LogP contribution is -2.34. The van der Waals surface area contributed by atoms with Gasteiger partial charge in [0.05, 0.1) is 4.90 Å². The highest BCUT2D eigenvalue weighted by atomic mass is 79.9. The minimum atomic E-state index is -3.41. The number of nitrogen functional groups attached to an aromatic ring is 1. The van der Waals surface area contributed by atoms with Crippen LogP contribution in [-0.2, 0) is 10.0 Å². The minimum absolute atomic E-state index is 0.0568. The van der Waals surface area contributed by atoms with E-state index < -0.39 is 10.0 Å². The highest BCUT2D eigenvalue weighted by Gasteiger charge is 2.36. The first-order valence-electron chi connectivity index (χ1n) is 5.89. The van der Waals surface area contributed by atoms with Gasteiger partial charge < -0.3 is 5.73 Å². The van der Waals surface area contributed by atoms with E-state index in [-0.39, 0.29) is 6.04 Å².